The van der Waals surface area contributed by atoms with Crippen LogP contribution in [0.1, 0.15) is 5.69 Å². The van der Waals surface area contributed by atoms with Crippen molar-refractivity contribution in [3.63, 3.8) is 0 Å². The van der Waals surface area contributed by atoms with E-state index in [1.807, 2.05) is 0 Å². The second-order valence-electron chi connectivity index (χ2n) is 4.37. The molecule has 8 heteroatoms. The van der Waals surface area contributed by atoms with E-state index in [1.54, 1.807) is 42.1 Å². The number of aromatic nitrogens is 2. The molecule has 0 spiro atoms. The highest BCUT2D eigenvalue weighted by Gasteiger charge is 2.15. The standard InChI is InChI=1S/C13H15BrN2O3S2/c1-16-11(9-17)8-15-13(16)20-6-7-21(18,19)12-4-2-10(14)3-5-12/h2-5,8,17H,6-7,9H2,1H3. The Morgan fingerprint density at radius 1 is 1.33 bits per heavy atom. The highest BCUT2D eigenvalue weighted by atomic mass is 79.9. The predicted octanol–water partition coefficient (Wildman–Crippen LogP) is 2.24. The first kappa shape index (κ1) is 16.5. The van der Waals surface area contributed by atoms with E-state index in [9.17, 15) is 8.42 Å². The Balaban J connectivity index is 1.99. The Hall–Kier alpha value is -0.830. The van der Waals surface area contributed by atoms with Crippen molar-refractivity contribution in [1.29, 1.82) is 0 Å². The Labute approximate surface area is 136 Å². The van der Waals surface area contributed by atoms with Crippen molar-refractivity contribution in [3.8, 4) is 0 Å². The Bertz CT molecular complexity index is 712. The summed E-state index contributed by atoms with van der Waals surface area (Å²) < 4.78 is 27.0. The number of hydrogen-bond donors (Lipinski definition) is 1. The van der Waals surface area contributed by atoms with Crippen LogP contribution in [-0.4, -0.2) is 34.6 Å². The van der Waals surface area contributed by atoms with Crippen molar-refractivity contribution in [3.05, 3.63) is 40.6 Å². The molecule has 1 heterocycles. The molecule has 1 aromatic heterocycles. The van der Waals surface area contributed by atoms with Gasteiger partial charge in [-0.3, -0.25) is 0 Å². The van der Waals surface area contributed by atoms with E-state index in [1.165, 1.54) is 11.8 Å². The molecule has 0 unspecified atom stereocenters. The molecule has 21 heavy (non-hydrogen) atoms. The monoisotopic (exact) mass is 390 g/mol. The van der Waals surface area contributed by atoms with E-state index in [2.05, 4.69) is 20.9 Å². The van der Waals surface area contributed by atoms with Gasteiger partial charge in [-0.25, -0.2) is 13.4 Å². The lowest BCUT2D eigenvalue weighted by Gasteiger charge is -2.06. The summed E-state index contributed by atoms with van der Waals surface area (Å²) >= 11 is 4.64. The van der Waals surface area contributed by atoms with Crippen LogP contribution in [0.3, 0.4) is 0 Å². The van der Waals surface area contributed by atoms with Gasteiger partial charge in [0.1, 0.15) is 0 Å². The molecule has 0 radical (unpaired) electrons. The second kappa shape index (κ2) is 6.95. The largest absolute Gasteiger partial charge is 0.390 e. The van der Waals surface area contributed by atoms with Gasteiger partial charge >= 0.3 is 0 Å². The Morgan fingerprint density at radius 3 is 2.57 bits per heavy atom. The predicted molar refractivity (Wildman–Crippen MR) is 86.0 cm³/mol. The van der Waals surface area contributed by atoms with Crippen LogP contribution in [0, 0.1) is 0 Å². The number of aliphatic hydroxyl groups excluding tert-OH is 1. The summed E-state index contributed by atoms with van der Waals surface area (Å²) in [5, 5.41) is 9.79. The van der Waals surface area contributed by atoms with Crippen LogP contribution in [0.2, 0.25) is 0 Å². The van der Waals surface area contributed by atoms with Crippen molar-refractivity contribution in [2.24, 2.45) is 7.05 Å². The number of thioether (sulfide) groups is 1. The maximum atomic E-state index is 12.2. The maximum absolute atomic E-state index is 12.2. The first-order valence-electron chi connectivity index (χ1n) is 6.16. The van der Waals surface area contributed by atoms with Crippen molar-refractivity contribution < 1.29 is 13.5 Å². The average molecular weight is 391 g/mol. The molecule has 2 rings (SSSR count). The van der Waals surface area contributed by atoms with E-state index in [-0.39, 0.29) is 12.4 Å². The van der Waals surface area contributed by atoms with Crippen LogP contribution in [0.25, 0.3) is 0 Å². The normalized spacial score (nSPS) is 11.8. The molecular weight excluding hydrogens is 376 g/mol. The highest BCUT2D eigenvalue weighted by molar-refractivity contribution is 9.10. The zero-order chi connectivity index (χ0) is 15.5. The number of rotatable bonds is 6. The molecular formula is C13H15BrN2O3S2. The zero-order valence-corrected chi connectivity index (χ0v) is 14.6. The molecule has 0 aliphatic carbocycles. The lowest BCUT2D eigenvalue weighted by molar-refractivity contribution is 0.271. The van der Waals surface area contributed by atoms with Crippen LogP contribution in [-0.2, 0) is 23.5 Å². The fourth-order valence-corrected chi connectivity index (χ4v) is 4.59. The Morgan fingerprint density at radius 2 is 2.00 bits per heavy atom. The van der Waals surface area contributed by atoms with Gasteiger partial charge < -0.3 is 9.67 Å². The summed E-state index contributed by atoms with van der Waals surface area (Å²) in [6, 6.07) is 6.61. The molecule has 0 atom stereocenters. The van der Waals surface area contributed by atoms with Crippen molar-refractivity contribution >= 4 is 37.5 Å². The number of nitrogens with zero attached hydrogens (tertiary/aromatic N) is 2. The van der Waals surface area contributed by atoms with Gasteiger partial charge in [0.05, 0.1) is 29.1 Å². The minimum absolute atomic E-state index is 0.0423. The smallest absolute Gasteiger partial charge is 0.179 e. The van der Waals surface area contributed by atoms with Gasteiger partial charge in [0.2, 0.25) is 0 Å². The molecule has 114 valence electrons. The first-order chi connectivity index (χ1) is 9.94. The quantitative estimate of drug-likeness (QED) is 0.765. The van der Waals surface area contributed by atoms with Gasteiger partial charge in [0.15, 0.2) is 15.0 Å². The first-order valence-corrected chi connectivity index (χ1v) is 9.59. The van der Waals surface area contributed by atoms with Crippen LogP contribution in [0.15, 0.2) is 45.0 Å². The van der Waals surface area contributed by atoms with Gasteiger partial charge in [-0.05, 0) is 24.3 Å². The minimum atomic E-state index is -3.29. The molecule has 0 saturated heterocycles. The van der Waals surface area contributed by atoms with Crippen LogP contribution < -0.4 is 0 Å². The molecule has 1 aromatic carbocycles. The summed E-state index contributed by atoms with van der Waals surface area (Å²) in [5.41, 5.74) is 0.702. The summed E-state index contributed by atoms with van der Waals surface area (Å²) in [7, 11) is -1.49. The van der Waals surface area contributed by atoms with Crippen LogP contribution in [0.4, 0.5) is 0 Å². The lowest BCUT2D eigenvalue weighted by atomic mass is 10.4. The fraction of sp³-hybridized carbons (Fsp3) is 0.308. The minimum Gasteiger partial charge on any atom is -0.390 e. The molecule has 0 saturated carbocycles. The van der Waals surface area contributed by atoms with Gasteiger partial charge in [0.25, 0.3) is 0 Å². The summed E-state index contributed by atoms with van der Waals surface area (Å²) in [6.45, 7) is -0.0821. The van der Waals surface area contributed by atoms with Crippen molar-refractivity contribution in [2.45, 2.75) is 16.7 Å². The molecule has 0 aliphatic heterocycles. The van der Waals surface area contributed by atoms with E-state index in [0.717, 1.165) is 4.47 Å². The summed E-state index contributed by atoms with van der Waals surface area (Å²) in [5.74, 6) is 0.453. The number of sulfone groups is 1. The molecule has 0 aliphatic rings. The lowest BCUT2D eigenvalue weighted by Crippen LogP contribution is -2.09. The average Bonchev–Trinajstić information content (AvgIpc) is 2.80. The molecule has 0 fully saturated rings. The van der Waals surface area contributed by atoms with E-state index >= 15 is 0 Å². The SMILES string of the molecule is Cn1c(CO)cnc1SCCS(=O)(=O)c1ccc(Br)cc1. The maximum Gasteiger partial charge on any atom is 0.179 e. The molecule has 0 amide bonds. The van der Waals surface area contributed by atoms with Crippen LogP contribution >= 0.6 is 27.7 Å². The fourth-order valence-electron chi connectivity index (χ4n) is 1.71. The topological polar surface area (TPSA) is 72.2 Å². The van der Waals surface area contributed by atoms with E-state index in [0.29, 0.717) is 21.5 Å². The third kappa shape index (κ3) is 4.09. The molecule has 1 N–H and O–H groups in total. The number of hydrogen-bond acceptors (Lipinski definition) is 5. The van der Waals surface area contributed by atoms with Gasteiger partial charge in [0, 0.05) is 17.3 Å². The Kier molecular flexibility index (Phi) is 5.48. The molecule has 2 aromatic rings. The molecule has 0 bridgehead atoms. The molecule has 5 nitrogen and oxygen atoms in total. The second-order valence-corrected chi connectivity index (χ2v) is 8.46. The van der Waals surface area contributed by atoms with Crippen LogP contribution in [0.5, 0.6) is 0 Å². The van der Waals surface area contributed by atoms with Gasteiger partial charge in [-0.15, -0.1) is 0 Å². The number of benzene rings is 1. The summed E-state index contributed by atoms with van der Waals surface area (Å²) in [4.78, 5) is 4.48. The zero-order valence-electron chi connectivity index (χ0n) is 11.4. The third-order valence-corrected chi connectivity index (χ3v) is 6.52. The highest BCUT2D eigenvalue weighted by Crippen LogP contribution is 2.20. The van der Waals surface area contributed by atoms with E-state index in [4.69, 9.17) is 5.11 Å². The summed E-state index contributed by atoms with van der Waals surface area (Å²) in [6.07, 6.45) is 1.59. The van der Waals surface area contributed by atoms with Crippen molar-refractivity contribution in [1.82, 2.24) is 9.55 Å². The van der Waals surface area contributed by atoms with E-state index < -0.39 is 9.84 Å². The van der Waals surface area contributed by atoms with Gasteiger partial charge in [-0.2, -0.15) is 0 Å². The number of imidazole rings is 1. The number of aliphatic hydroxyl groups is 1. The third-order valence-electron chi connectivity index (χ3n) is 2.96. The number of halogens is 1. The van der Waals surface area contributed by atoms with Crippen molar-refractivity contribution in [2.75, 3.05) is 11.5 Å². The van der Waals surface area contributed by atoms with Gasteiger partial charge in [-0.1, -0.05) is 27.7 Å².